The minimum Gasteiger partial charge on any atom is -0.423 e. The van der Waals surface area contributed by atoms with Crippen molar-refractivity contribution in [3.8, 4) is 6.07 Å². The van der Waals surface area contributed by atoms with Crippen molar-refractivity contribution in [3.63, 3.8) is 0 Å². The highest BCUT2D eigenvalue weighted by Gasteiger charge is 2.31. The topological polar surface area (TPSA) is 80.0 Å². The third kappa shape index (κ3) is 4.84. The summed E-state index contributed by atoms with van der Waals surface area (Å²) in [6.45, 7) is 0. The number of carbonyl (C=O) groups excluding carboxylic acids is 2. The van der Waals surface area contributed by atoms with E-state index in [9.17, 15) is 14.0 Å². The van der Waals surface area contributed by atoms with Crippen LogP contribution >= 0.6 is 15.9 Å². The monoisotopic (exact) mass is 454 g/mol. The van der Waals surface area contributed by atoms with E-state index in [1.54, 1.807) is 12.3 Å². The lowest BCUT2D eigenvalue weighted by molar-refractivity contribution is -0.133. The molecular formula is C22H16BrFN2O3. The first-order valence-corrected chi connectivity index (χ1v) is 9.74. The zero-order valence-corrected chi connectivity index (χ0v) is 16.9. The number of allylic oxidation sites excluding steroid dienone is 1. The first-order valence-electron chi connectivity index (χ1n) is 8.95. The van der Waals surface area contributed by atoms with Gasteiger partial charge >= 0.3 is 5.97 Å². The standard InChI is InChI=1S/C14H12BrNO2.C8H4FNO/c15-13-9(4-3-7-16-13)8-12-10-5-1-2-6-11(10)14(17)18-12;9-8-2-1-6(5-11)3-7(8)4-10/h3-4,7-8H,1-2,5-6H2;1-3,5H. The Labute approximate surface area is 175 Å². The average molecular weight is 455 g/mol. The summed E-state index contributed by atoms with van der Waals surface area (Å²) in [4.78, 5) is 26.1. The molecule has 1 aromatic heterocycles. The second-order valence-corrected chi connectivity index (χ2v) is 7.17. The maximum absolute atomic E-state index is 12.6. The number of ether oxygens (including phenoxy) is 1. The van der Waals surface area contributed by atoms with Gasteiger partial charge in [-0.1, -0.05) is 6.07 Å². The predicted octanol–water partition coefficient (Wildman–Crippen LogP) is 5.12. The van der Waals surface area contributed by atoms with E-state index in [1.807, 2.05) is 18.2 Å². The number of carbonyl (C=O) groups is 2. The summed E-state index contributed by atoms with van der Waals surface area (Å²) >= 11 is 3.39. The predicted molar refractivity (Wildman–Crippen MR) is 108 cm³/mol. The fraction of sp³-hybridized carbons (Fsp3) is 0.182. The van der Waals surface area contributed by atoms with Crippen LogP contribution in [0.4, 0.5) is 4.39 Å². The molecule has 1 aliphatic heterocycles. The van der Waals surface area contributed by atoms with Gasteiger partial charge in [-0.15, -0.1) is 0 Å². The molecule has 146 valence electrons. The van der Waals surface area contributed by atoms with Crippen LogP contribution in [0.1, 0.15) is 47.2 Å². The van der Waals surface area contributed by atoms with Crippen molar-refractivity contribution < 1.29 is 18.7 Å². The molecular weight excluding hydrogens is 439 g/mol. The van der Waals surface area contributed by atoms with Crippen LogP contribution < -0.4 is 0 Å². The van der Waals surface area contributed by atoms with Gasteiger partial charge in [-0.05, 0) is 72.0 Å². The van der Waals surface area contributed by atoms with Crippen molar-refractivity contribution >= 4 is 34.3 Å². The van der Waals surface area contributed by atoms with Gasteiger partial charge in [-0.2, -0.15) is 5.26 Å². The molecule has 0 unspecified atom stereocenters. The molecule has 2 aliphatic rings. The Kier molecular flexibility index (Phi) is 6.68. The number of hydrogen-bond acceptors (Lipinski definition) is 5. The molecule has 0 spiro atoms. The smallest absolute Gasteiger partial charge is 0.339 e. The number of aldehydes is 1. The van der Waals surface area contributed by atoms with Gasteiger partial charge in [-0.25, -0.2) is 14.2 Å². The van der Waals surface area contributed by atoms with Gasteiger partial charge in [0.1, 0.15) is 28.5 Å². The van der Waals surface area contributed by atoms with Crippen LogP contribution in [0.3, 0.4) is 0 Å². The lowest BCUT2D eigenvalue weighted by atomic mass is 9.92. The normalized spacial score (nSPS) is 16.4. The molecule has 7 heteroatoms. The van der Waals surface area contributed by atoms with E-state index in [0.717, 1.165) is 53.1 Å². The van der Waals surface area contributed by atoms with Crippen LogP contribution in [0.15, 0.2) is 58.0 Å². The number of halogens is 2. The zero-order chi connectivity index (χ0) is 20.8. The number of nitrogens with zero attached hydrogens (tertiary/aromatic N) is 2. The molecule has 0 saturated heterocycles. The molecule has 1 aliphatic carbocycles. The molecule has 29 heavy (non-hydrogen) atoms. The average Bonchev–Trinajstić information content (AvgIpc) is 3.06. The van der Waals surface area contributed by atoms with Gasteiger partial charge in [0.25, 0.3) is 0 Å². The van der Waals surface area contributed by atoms with Crippen LogP contribution in [-0.4, -0.2) is 17.2 Å². The summed E-state index contributed by atoms with van der Waals surface area (Å²) in [5.41, 5.74) is 3.09. The van der Waals surface area contributed by atoms with Crippen molar-refractivity contribution in [2.75, 3.05) is 0 Å². The van der Waals surface area contributed by atoms with Crippen molar-refractivity contribution in [1.82, 2.24) is 4.98 Å². The highest BCUT2D eigenvalue weighted by molar-refractivity contribution is 9.10. The lowest BCUT2D eigenvalue weighted by Gasteiger charge is -2.10. The van der Waals surface area contributed by atoms with E-state index in [1.165, 1.54) is 12.1 Å². The Bertz CT molecular complexity index is 1070. The lowest BCUT2D eigenvalue weighted by Crippen LogP contribution is -2.01. The molecule has 0 radical (unpaired) electrons. The SMILES string of the molecule is N#Cc1cc(C=O)ccc1F.O=C1OC(=Cc2cccnc2Br)C2=C1CCCC2. The van der Waals surface area contributed by atoms with Gasteiger partial charge in [0.2, 0.25) is 0 Å². The summed E-state index contributed by atoms with van der Waals surface area (Å²) in [5, 5.41) is 8.33. The molecule has 2 heterocycles. The molecule has 0 fully saturated rings. The quantitative estimate of drug-likeness (QED) is 0.357. The first kappa shape index (κ1) is 20.6. The van der Waals surface area contributed by atoms with Gasteiger partial charge in [0, 0.05) is 28.5 Å². The second-order valence-electron chi connectivity index (χ2n) is 6.41. The fourth-order valence-electron chi connectivity index (χ4n) is 3.09. The van der Waals surface area contributed by atoms with Gasteiger partial charge in [0.15, 0.2) is 0 Å². The largest absolute Gasteiger partial charge is 0.423 e. The van der Waals surface area contributed by atoms with Crippen LogP contribution in [0.25, 0.3) is 6.08 Å². The number of aromatic nitrogens is 1. The fourth-order valence-corrected chi connectivity index (χ4v) is 3.46. The number of pyridine rings is 1. The van der Waals surface area contributed by atoms with Crippen molar-refractivity contribution in [1.29, 1.82) is 5.26 Å². The molecule has 0 saturated carbocycles. The molecule has 0 N–H and O–H groups in total. The van der Waals surface area contributed by atoms with Crippen molar-refractivity contribution in [3.05, 3.63) is 80.5 Å². The number of nitriles is 1. The molecule has 0 amide bonds. The van der Waals surface area contributed by atoms with Crippen LogP contribution in [0.2, 0.25) is 0 Å². The van der Waals surface area contributed by atoms with E-state index in [-0.39, 0.29) is 11.5 Å². The van der Waals surface area contributed by atoms with E-state index in [2.05, 4.69) is 20.9 Å². The Balaban J connectivity index is 0.000000188. The zero-order valence-electron chi connectivity index (χ0n) is 15.3. The Morgan fingerprint density at radius 1 is 1.21 bits per heavy atom. The van der Waals surface area contributed by atoms with Crippen LogP contribution in [0, 0.1) is 17.1 Å². The third-order valence-electron chi connectivity index (χ3n) is 4.54. The number of rotatable bonds is 2. The summed E-state index contributed by atoms with van der Waals surface area (Å²) < 4.78 is 18.7. The number of hydrogen-bond donors (Lipinski definition) is 0. The molecule has 2 aromatic rings. The minimum absolute atomic E-state index is 0.102. The van der Waals surface area contributed by atoms with Gasteiger partial charge < -0.3 is 4.74 Å². The summed E-state index contributed by atoms with van der Waals surface area (Å²) in [6, 6.07) is 9.08. The molecule has 4 rings (SSSR count). The molecule has 5 nitrogen and oxygen atoms in total. The Morgan fingerprint density at radius 3 is 2.66 bits per heavy atom. The van der Waals surface area contributed by atoms with E-state index in [4.69, 9.17) is 10.00 Å². The van der Waals surface area contributed by atoms with Gasteiger partial charge in [0.05, 0.1) is 5.56 Å². The number of cyclic esters (lactones) is 1. The molecule has 0 bridgehead atoms. The third-order valence-corrected chi connectivity index (χ3v) is 5.20. The maximum Gasteiger partial charge on any atom is 0.339 e. The highest BCUT2D eigenvalue weighted by atomic mass is 79.9. The van der Waals surface area contributed by atoms with Crippen molar-refractivity contribution in [2.45, 2.75) is 25.7 Å². The van der Waals surface area contributed by atoms with E-state index in [0.29, 0.717) is 17.6 Å². The first-order chi connectivity index (χ1) is 14.0. The number of benzene rings is 1. The summed E-state index contributed by atoms with van der Waals surface area (Å²) in [7, 11) is 0. The van der Waals surface area contributed by atoms with Crippen LogP contribution in [0.5, 0.6) is 0 Å². The van der Waals surface area contributed by atoms with Gasteiger partial charge in [-0.3, -0.25) is 4.79 Å². The van der Waals surface area contributed by atoms with Crippen LogP contribution in [-0.2, 0) is 9.53 Å². The van der Waals surface area contributed by atoms with Crippen molar-refractivity contribution in [2.24, 2.45) is 0 Å². The Morgan fingerprint density at radius 2 is 1.97 bits per heavy atom. The number of esters is 1. The second kappa shape index (κ2) is 9.39. The van der Waals surface area contributed by atoms with E-state index >= 15 is 0 Å². The molecule has 0 atom stereocenters. The van der Waals surface area contributed by atoms with E-state index < -0.39 is 5.82 Å². The summed E-state index contributed by atoms with van der Waals surface area (Å²) in [6.07, 6.45) is 8.17. The maximum atomic E-state index is 12.6. The minimum atomic E-state index is -0.599. The Hall–Kier alpha value is -3.11. The summed E-state index contributed by atoms with van der Waals surface area (Å²) in [5.74, 6) is -0.0718. The molecule has 1 aromatic carbocycles. The highest BCUT2D eigenvalue weighted by Crippen LogP contribution is 2.38.